The summed E-state index contributed by atoms with van der Waals surface area (Å²) in [6.07, 6.45) is 0.532. The second-order valence-corrected chi connectivity index (χ2v) is 9.70. The zero-order chi connectivity index (χ0) is 20.6. The Balaban J connectivity index is 1.57. The first-order valence-electron chi connectivity index (χ1n) is 9.20. The average Bonchev–Trinajstić information content (AvgIpc) is 2.83. The van der Waals surface area contributed by atoms with Crippen molar-refractivity contribution in [1.82, 2.24) is 4.72 Å². The Hall–Kier alpha value is -1.74. The molecule has 0 bridgehead atoms. The van der Waals surface area contributed by atoms with E-state index in [1.54, 1.807) is 0 Å². The third kappa shape index (κ3) is 4.46. The summed E-state index contributed by atoms with van der Waals surface area (Å²) in [6.45, 7) is 8.28. The SMILES string of the molecule is CC1(C)OB(c2ccc(CCNS(=O)(=O)c3ccc(F)cc3)cc2)OC1(C)C. The Labute approximate surface area is 166 Å². The van der Waals surface area contributed by atoms with E-state index in [-0.39, 0.29) is 11.4 Å². The molecule has 1 N–H and O–H groups in total. The summed E-state index contributed by atoms with van der Waals surface area (Å²) in [7, 11) is -4.07. The van der Waals surface area contributed by atoms with Gasteiger partial charge in [0, 0.05) is 6.54 Å². The first-order chi connectivity index (χ1) is 13.0. The summed E-state index contributed by atoms with van der Waals surface area (Å²) in [5, 5.41) is 0. The lowest BCUT2D eigenvalue weighted by molar-refractivity contribution is 0.00578. The highest BCUT2D eigenvalue weighted by Gasteiger charge is 2.51. The van der Waals surface area contributed by atoms with Crippen molar-refractivity contribution >= 4 is 22.6 Å². The van der Waals surface area contributed by atoms with E-state index in [1.807, 2.05) is 52.0 Å². The first-order valence-corrected chi connectivity index (χ1v) is 10.7. The summed E-state index contributed by atoms with van der Waals surface area (Å²) in [6, 6.07) is 12.5. The second kappa shape index (κ2) is 7.59. The highest BCUT2D eigenvalue weighted by Crippen LogP contribution is 2.36. The number of hydrogen-bond acceptors (Lipinski definition) is 4. The maximum Gasteiger partial charge on any atom is 0.494 e. The van der Waals surface area contributed by atoms with E-state index >= 15 is 0 Å². The van der Waals surface area contributed by atoms with Crippen LogP contribution >= 0.6 is 0 Å². The summed E-state index contributed by atoms with van der Waals surface area (Å²) in [4.78, 5) is 0.0463. The zero-order valence-corrected chi connectivity index (χ0v) is 17.3. The van der Waals surface area contributed by atoms with Crippen molar-refractivity contribution in [2.24, 2.45) is 0 Å². The predicted molar refractivity (Wildman–Crippen MR) is 107 cm³/mol. The van der Waals surface area contributed by atoms with Crippen LogP contribution in [0, 0.1) is 5.82 Å². The summed E-state index contributed by atoms with van der Waals surface area (Å²) in [5.41, 5.74) is 1.13. The Morgan fingerprint density at radius 3 is 2.00 bits per heavy atom. The molecule has 0 unspecified atom stereocenters. The summed E-state index contributed by atoms with van der Waals surface area (Å²) >= 11 is 0. The van der Waals surface area contributed by atoms with Crippen LogP contribution in [0.25, 0.3) is 0 Å². The van der Waals surface area contributed by atoms with Gasteiger partial charge < -0.3 is 9.31 Å². The van der Waals surface area contributed by atoms with Crippen LogP contribution in [0.15, 0.2) is 53.4 Å². The number of benzene rings is 2. The molecule has 1 heterocycles. The van der Waals surface area contributed by atoms with E-state index in [2.05, 4.69) is 4.72 Å². The molecule has 1 saturated heterocycles. The average molecular weight is 405 g/mol. The molecule has 1 aliphatic heterocycles. The molecule has 1 aliphatic rings. The zero-order valence-electron chi connectivity index (χ0n) is 16.5. The van der Waals surface area contributed by atoms with E-state index in [4.69, 9.17) is 9.31 Å². The van der Waals surface area contributed by atoms with Crippen LogP contribution in [0.1, 0.15) is 33.3 Å². The fourth-order valence-corrected chi connectivity index (χ4v) is 3.88. The lowest BCUT2D eigenvalue weighted by Crippen LogP contribution is -2.41. The number of halogens is 1. The van der Waals surface area contributed by atoms with Crippen molar-refractivity contribution in [2.75, 3.05) is 6.54 Å². The van der Waals surface area contributed by atoms with Crippen molar-refractivity contribution in [3.8, 4) is 0 Å². The number of hydrogen-bond donors (Lipinski definition) is 1. The minimum absolute atomic E-state index is 0.0463. The largest absolute Gasteiger partial charge is 0.494 e. The fourth-order valence-electron chi connectivity index (χ4n) is 2.85. The van der Waals surface area contributed by atoms with Crippen molar-refractivity contribution in [3.05, 3.63) is 59.9 Å². The van der Waals surface area contributed by atoms with Gasteiger partial charge in [-0.3, -0.25) is 0 Å². The monoisotopic (exact) mass is 405 g/mol. The third-order valence-electron chi connectivity index (χ3n) is 5.33. The van der Waals surface area contributed by atoms with Crippen LogP contribution in [0.3, 0.4) is 0 Å². The van der Waals surface area contributed by atoms with Gasteiger partial charge in [-0.05, 0) is 69.4 Å². The molecule has 28 heavy (non-hydrogen) atoms. The van der Waals surface area contributed by atoms with E-state index < -0.39 is 34.2 Å². The smallest absolute Gasteiger partial charge is 0.399 e. The van der Waals surface area contributed by atoms with Crippen LogP contribution in [0.5, 0.6) is 0 Å². The molecule has 2 aromatic carbocycles. The molecule has 5 nitrogen and oxygen atoms in total. The number of sulfonamides is 1. The van der Waals surface area contributed by atoms with Gasteiger partial charge in [0.2, 0.25) is 10.0 Å². The van der Waals surface area contributed by atoms with Crippen LogP contribution in [-0.2, 0) is 25.8 Å². The van der Waals surface area contributed by atoms with Crippen LogP contribution in [-0.4, -0.2) is 33.3 Å². The van der Waals surface area contributed by atoms with Crippen LogP contribution in [0.2, 0.25) is 0 Å². The molecule has 0 saturated carbocycles. The summed E-state index contributed by atoms with van der Waals surface area (Å²) in [5.74, 6) is -0.471. The minimum Gasteiger partial charge on any atom is -0.399 e. The highest BCUT2D eigenvalue weighted by atomic mass is 32.2. The van der Waals surface area contributed by atoms with Crippen molar-refractivity contribution in [2.45, 2.75) is 50.2 Å². The molecule has 1 fully saturated rings. The van der Waals surface area contributed by atoms with E-state index in [9.17, 15) is 12.8 Å². The highest BCUT2D eigenvalue weighted by molar-refractivity contribution is 7.89. The lowest BCUT2D eigenvalue weighted by atomic mass is 9.79. The maximum absolute atomic E-state index is 12.9. The van der Waals surface area contributed by atoms with E-state index in [0.29, 0.717) is 6.42 Å². The second-order valence-electron chi connectivity index (χ2n) is 7.93. The van der Waals surface area contributed by atoms with Crippen molar-refractivity contribution < 1.29 is 22.1 Å². The lowest BCUT2D eigenvalue weighted by Gasteiger charge is -2.32. The molecular formula is C20H25BFNO4S. The normalized spacial score (nSPS) is 18.4. The molecule has 3 rings (SSSR count). The molecular weight excluding hydrogens is 380 g/mol. The molecule has 2 aromatic rings. The van der Waals surface area contributed by atoms with Gasteiger partial charge in [0.15, 0.2) is 0 Å². The Kier molecular flexibility index (Phi) is 5.69. The Morgan fingerprint density at radius 2 is 1.46 bits per heavy atom. The van der Waals surface area contributed by atoms with Gasteiger partial charge in [-0.1, -0.05) is 24.3 Å². The van der Waals surface area contributed by atoms with Gasteiger partial charge in [0.1, 0.15) is 5.82 Å². The Morgan fingerprint density at radius 1 is 0.929 bits per heavy atom. The minimum atomic E-state index is -3.65. The maximum atomic E-state index is 12.9. The van der Waals surface area contributed by atoms with Gasteiger partial charge >= 0.3 is 7.12 Å². The van der Waals surface area contributed by atoms with Crippen molar-refractivity contribution in [1.29, 1.82) is 0 Å². The molecule has 0 aromatic heterocycles. The third-order valence-corrected chi connectivity index (χ3v) is 6.81. The number of rotatable bonds is 6. The van der Waals surface area contributed by atoms with E-state index in [0.717, 1.165) is 23.2 Å². The molecule has 0 atom stereocenters. The standard InChI is InChI=1S/C20H25BFNO4S/c1-19(2)20(3,4)27-21(26-19)16-7-5-15(6-8-16)13-14-23-28(24,25)18-11-9-17(22)10-12-18/h5-12,23H,13-14H2,1-4H3. The molecule has 0 radical (unpaired) electrons. The molecule has 150 valence electrons. The molecule has 0 aliphatic carbocycles. The molecule has 0 spiro atoms. The molecule has 0 amide bonds. The van der Waals surface area contributed by atoms with Crippen LogP contribution in [0.4, 0.5) is 4.39 Å². The first kappa shape index (κ1) is 21.0. The van der Waals surface area contributed by atoms with E-state index in [1.165, 1.54) is 12.1 Å². The summed E-state index contributed by atoms with van der Waals surface area (Å²) < 4.78 is 52.0. The van der Waals surface area contributed by atoms with Crippen LogP contribution < -0.4 is 10.2 Å². The van der Waals surface area contributed by atoms with Gasteiger partial charge in [-0.15, -0.1) is 0 Å². The van der Waals surface area contributed by atoms with Gasteiger partial charge in [-0.25, -0.2) is 17.5 Å². The number of nitrogens with one attached hydrogen (secondary N) is 1. The molecule has 8 heteroatoms. The topological polar surface area (TPSA) is 64.6 Å². The van der Waals surface area contributed by atoms with Gasteiger partial charge in [0.25, 0.3) is 0 Å². The predicted octanol–water partition coefficient (Wildman–Crippen LogP) is 2.65. The van der Waals surface area contributed by atoms with Crippen molar-refractivity contribution in [3.63, 3.8) is 0 Å². The fraction of sp³-hybridized carbons (Fsp3) is 0.400. The van der Waals surface area contributed by atoms with Gasteiger partial charge in [-0.2, -0.15) is 0 Å². The van der Waals surface area contributed by atoms with Gasteiger partial charge in [0.05, 0.1) is 16.1 Å². The Bertz CT molecular complexity index is 912. The quantitative estimate of drug-likeness (QED) is 0.751.